The van der Waals surface area contributed by atoms with Gasteiger partial charge in [-0.05, 0) is 47.0 Å². The molecular weight excluding hydrogens is 284 g/mol. The summed E-state index contributed by atoms with van der Waals surface area (Å²) in [6.45, 7) is 12.0. The molecule has 2 N–H and O–H groups in total. The lowest BCUT2D eigenvalue weighted by Crippen LogP contribution is -2.39. The third kappa shape index (κ3) is 11.8. The lowest BCUT2D eigenvalue weighted by atomic mass is 10.2. The Balaban J connectivity index is 4.01. The average Bonchev–Trinajstić information content (AvgIpc) is 2.46. The van der Waals surface area contributed by atoms with Crippen molar-refractivity contribution < 1.29 is 4.74 Å². The van der Waals surface area contributed by atoms with Crippen LogP contribution in [0.3, 0.4) is 0 Å². The van der Waals surface area contributed by atoms with Gasteiger partial charge in [0, 0.05) is 31.5 Å². The second-order valence-corrected chi connectivity index (χ2v) is 7.25. The summed E-state index contributed by atoms with van der Waals surface area (Å²) in [5.41, 5.74) is 0. The fourth-order valence-corrected chi connectivity index (χ4v) is 1.78. The average molecular weight is 319 g/mol. The van der Waals surface area contributed by atoms with Crippen LogP contribution in [0.15, 0.2) is 4.99 Å². The fraction of sp³-hybridized carbons (Fsp3) is 0.933. The first-order valence-corrected chi connectivity index (χ1v) is 8.92. The molecule has 0 radical (unpaired) electrons. The third-order valence-corrected chi connectivity index (χ3v) is 4.44. The highest BCUT2D eigenvalue weighted by Crippen LogP contribution is 2.20. The number of ether oxygens (including phenoxy) is 1. The van der Waals surface area contributed by atoms with Crippen molar-refractivity contribution in [3.8, 4) is 0 Å². The number of hydrogen-bond donors (Lipinski definition) is 2. The molecule has 0 saturated carbocycles. The number of rotatable bonds is 11. The van der Waals surface area contributed by atoms with E-state index in [2.05, 4.69) is 54.6 Å². The second kappa shape index (κ2) is 12.1. The zero-order valence-corrected chi connectivity index (χ0v) is 15.5. The number of nitrogens with zero attached hydrogens (tertiary/aromatic N) is 2. The summed E-state index contributed by atoms with van der Waals surface area (Å²) in [5, 5.41) is 6.70. The summed E-state index contributed by atoms with van der Waals surface area (Å²) in [7, 11) is 3.87. The topological polar surface area (TPSA) is 48.9 Å². The molecule has 0 aliphatic carbocycles. The van der Waals surface area contributed by atoms with Gasteiger partial charge in [0.25, 0.3) is 0 Å². The molecule has 0 aliphatic heterocycles. The number of thioether (sulfide) groups is 1. The molecule has 5 nitrogen and oxygen atoms in total. The Morgan fingerprint density at radius 3 is 2.57 bits per heavy atom. The van der Waals surface area contributed by atoms with Gasteiger partial charge in [0.1, 0.15) is 0 Å². The molecule has 0 aromatic carbocycles. The molecule has 0 aromatic rings. The summed E-state index contributed by atoms with van der Waals surface area (Å²) in [5.74, 6) is 0.916. The Bertz CT molecular complexity index is 285. The van der Waals surface area contributed by atoms with Crippen molar-refractivity contribution in [2.24, 2.45) is 4.99 Å². The maximum absolute atomic E-state index is 5.07. The maximum Gasteiger partial charge on any atom is 0.191 e. The SMILES string of the molecule is CCNC(=NCC(C)(C)SC)NCCCN(C)CCOC. The highest BCUT2D eigenvalue weighted by molar-refractivity contribution is 7.99. The maximum atomic E-state index is 5.07. The molecule has 0 rings (SSSR count). The lowest BCUT2D eigenvalue weighted by molar-refractivity contribution is 0.161. The number of likely N-dealkylation sites (N-methyl/N-ethyl adjacent to an activating group) is 1. The van der Waals surface area contributed by atoms with E-state index in [1.807, 2.05) is 11.8 Å². The van der Waals surface area contributed by atoms with Crippen LogP contribution in [-0.2, 0) is 4.74 Å². The van der Waals surface area contributed by atoms with Gasteiger partial charge in [-0.1, -0.05) is 0 Å². The number of hydrogen-bond acceptors (Lipinski definition) is 4. The van der Waals surface area contributed by atoms with E-state index >= 15 is 0 Å². The van der Waals surface area contributed by atoms with Crippen LogP contribution in [0.2, 0.25) is 0 Å². The molecular formula is C15H34N4OS. The van der Waals surface area contributed by atoms with E-state index in [-0.39, 0.29) is 4.75 Å². The van der Waals surface area contributed by atoms with Crippen molar-refractivity contribution in [1.82, 2.24) is 15.5 Å². The first kappa shape index (κ1) is 20.5. The van der Waals surface area contributed by atoms with Gasteiger partial charge < -0.3 is 20.3 Å². The summed E-state index contributed by atoms with van der Waals surface area (Å²) in [6.07, 6.45) is 3.22. The number of aliphatic imine (C=N–C) groups is 1. The van der Waals surface area contributed by atoms with Crippen LogP contribution < -0.4 is 10.6 Å². The molecule has 0 aromatic heterocycles. The normalized spacial score (nSPS) is 12.8. The first-order valence-electron chi connectivity index (χ1n) is 7.70. The van der Waals surface area contributed by atoms with Gasteiger partial charge in [0.05, 0.1) is 13.2 Å². The van der Waals surface area contributed by atoms with Crippen LogP contribution in [0, 0.1) is 0 Å². The molecule has 6 heteroatoms. The van der Waals surface area contributed by atoms with E-state index in [0.29, 0.717) is 0 Å². The summed E-state index contributed by atoms with van der Waals surface area (Å²) >= 11 is 1.85. The van der Waals surface area contributed by atoms with Gasteiger partial charge in [-0.15, -0.1) is 0 Å². The zero-order valence-electron chi connectivity index (χ0n) is 14.7. The molecule has 0 fully saturated rings. The van der Waals surface area contributed by atoms with Crippen LogP contribution in [0.25, 0.3) is 0 Å². The third-order valence-electron chi connectivity index (χ3n) is 3.20. The van der Waals surface area contributed by atoms with Gasteiger partial charge in [-0.2, -0.15) is 11.8 Å². The minimum absolute atomic E-state index is 0.183. The second-order valence-electron chi connectivity index (χ2n) is 5.74. The van der Waals surface area contributed by atoms with Gasteiger partial charge in [0.2, 0.25) is 0 Å². The summed E-state index contributed by atoms with van der Waals surface area (Å²) in [6, 6.07) is 0. The Morgan fingerprint density at radius 2 is 2.00 bits per heavy atom. The van der Waals surface area contributed by atoms with Crippen molar-refractivity contribution in [2.45, 2.75) is 31.9 Å². The fourth-order valence-electron chi connectivity index (χ4n) is 1.59. The number of methoxy groups -OCH3 is 1. The Labute approximate surface area is 135 Å². The molecule has 21 heavy (non-hydrogen) atoms. The van der Waals surface area contributed by atoms with E-state index < -0.39 is 0 Å². The van der Waals surface area contributed by atoms with Crippen LogP contribution in [0.5, 0.6) is 0 Å². The minimum Gasteiger partial charge on any atom is -0.383 e. The van der Waals surface area contributed by atoms with Crippen LogP contribution >= 0.6 is 11.8 Å². The number of nitrogens with one attached hydrogen (secondary N) is 2. The molecule has 0 atom stereocenters. The van der Waals surface area contributed by atoms with Gasteiger partial charge in [0.15, 0.2) is 5.96 Å². The van der Waals surface area contributed by atoms with E-state index in [1.165, 1.54) is 0 Å². The van der Waals surface area contributed by atoms with E-state index in [1.54, 1.807) is 7.11 Å². The van der Waals surface area contributed by atoms with Crippen molar-refractivity contribution in [2.75, 3.05) is 59.7 Å². The van der Waals surface area contributed by atoms with Crippen molar-refractivity contribution in [3.05, 3.63) is 0 Å². The molecule has 0 aliphatic rings. The van der Waals surface area contributed by atoms with Crippen LogP contribution in [0.1, 0.15) is 27.2 Å². The molecule has 0 saturated heterocycles. The van der Waals surface area contributed by atoms with E-state index in [9.17, 15) is 0 Å². The lowest BCUT2D eigenvalue weighted by Gasteiger charge is -2.20. The van der Waals surface area contributed by atoms with Crippen molar-refractivity contribution in [1.29, 1.82) is 0 Å². The predicted octanol–water partition coefficient (Wildman–Crippen LogP) is 1.65. The molecule has 0 amide bonds. The van der Waals surface area contributed by atoms with Crippen molar-refractivity contribution >= 4 is 17.7 Å². The van der Waals surface area contributed by atoms with Crippen molar-refractivity contribution in [3.63, 3.8) is 0 Å². The monoisotopic (exact) mass is 318 g/mol. The van der Waals surface area contributed by atoms with E-state index in [0.717, 1.165) is 51.7 Å². The highest BCUT2D eigenvalue weighted by Gasteiger charge is 2.15. The zero-order chi connectivity index (χ0) is 16.1. The van der Waals surface area contributed by atoms with Gasteiger partial charge in [-0.3, -0.25) is 4.99 Å². The molecule has 0 heterocycles. The highest BCUT2D eigenvalue weighted by atomic mass is 32.2. The van der Waals surface area contributed by atoms with Crippen LogP contribution in [-0.4, -0.2) is 75.4 Å². The largest absolute Gasteiger partial charge is 0.383 e. The molecule has 126 valence electrons. The first-order chi connectivity index (χ1) is 9.95. The number of guanidine groups is 1. The minimum atomic E-state index is 0.183. The van der Waals surface area contributed by atoms with Gasteiger partial charge in [-0.25, -0.2) is 0 Å². The van der Waals surface area contributed by atoms with Crippen LogP contribution in [0.4, 0.5) is 0 Å². The predicted molar refractivity (Wildman–Crippen MR) is 95.6 cm³/mol. The Morgan fingerprint density at radius 1 is 1.29 bits per heavy atom. The summed E-state index contributed by atoms with van der Waals surface area (Å²) in [4.78, 5) is 6.95. The Kier molecular flexibility index (Phi) is 11.9. The molecule has 0 spiro atoms. The molecule has 0 bridgehead atoms. The van der Waals surface area contributed by atoms with Gasteiger partial charge >= 0.3 is 0 Å². The quantitative estimate of drug-likeness (QED) is 0.345. The summed E-state index contributed by atoms with van der Waals surface area (Å²) < 4.78 is 5.26. The standard InChI is InChI=1S/C15H34N4OS/c1-7-16-14(18-13-15(2,3)21-6)17-9-8-10-19(4)11-12-20-5/h7-13H2,1-6H3,(H2,16,17,18). The smallest absolute Gasteiger partial charge is 0.191 e. The Hall–Kier alpha value is -0.460. The molecule has 0 unspecified atom stereocenters. The van der Waals surface area contributed by atoms with E-state index in [4.69, 9.17) is 4.74 Å².